The van der Waals surface area contributed by atoms with Crippen molar-refractivity contribution in [1.29, 1.82) is 0 Å². The van der Waals surface area contributed by atoms with Crippen LogP contribution in [0.4, 0.5) is 0 Å². The number of rotatable bonds is 2. The van der Waals surface area contributed by atoms with Gasteiger partial charge in [-0.25, -0.2) is 0 Å². The summed E-state index contributed by atoms with van der Waals surface area (Å²) in [5.74, 6) is 6.28. The molecule has 3 heteroatoms. The predicted molar refractivity (Wildman–Crippen MR) is 66.6 cm³/mol. The first kappa shape index (κ1) is 12.1. The van der Waals surface area contributed by atoms with Crippen LogP contribution >= 0.6 is 0 Å². The molecule has 2 rings (SSSR count). The maximum Gasteiger partial charge on any atom is 0.0933 e. The molecule has 1 N–H and O–H groups in total. The smallest absolute Gasteiger partial charge is 0.0933 e. The number of aliphatic hydroxyl groups is 1. The normalized spacial score (nSPS) is 20.6. The fraction of sp³-hybridized carbons (Fsp3) is 0.429. The van der Waals surface area contributed by atoms with Crippen molar-refractivity contribution in [3.05, 3.63) is 35.9 Å². The van der Waals surface area contributed by atoms with Gasteiger partial charge in [-0.2, -0.15) is 0 Å². The Morgan fingerprint density at radius 3 is 2.94 bits per heavy atom. The highest BCUT2D eigenvalue weighted by atomic mass is 16.5. The minimum Gasteiger partial charge on any atom is -0.394 e. The monoisotopic (exact) mass is 231 g/mol. The second-order valence-corrected chi connectivity index (χ2v) is 4.08. The van der Waals surface area contributed by atoms with E-state index in [0.717, 1.165) is 25.2 Å². The topological polar surface area (TPSA) is 32.7 Å². The summed E-state index contributed by atoms with van der Waals surface area (Å²) in [7, 11) is 0. The van der Waals surface area contributed by atoms with Crippen LogP contribution < -0.4 is 0 Å². The lowest BCUT2D eigenvalue weighted by Crippen LogP contribution is -2.44. The molecule has 0 aliphatic carbocycles. The van der Waals surface area contributed by atoms with Gasteiger partial charge in [0.05, 0.1) is 25.9 Å². The van der Waals surface area contributed by atoms with E-state index in [1.807, 2.05) is 30.3 Å². The van der Waals surface area contributed by atoms with Crippen molar-refractivity contribution in [3.8, 4) is 11.8 Å². The van der Waals surface area contributed by atoms with Crippen LogP contribution in [0.1, 0.15) is 5.56 Å². The van der Waals surface area contributed by atoms with Crippen LogP contribution in [-0.2, 0) is 4.74 Å². The second kappa shape index (κ2) is 6.41. The average molecular weight is 231 g/mol. The first-order valence-corrected chi connectivity index (χ1v) is 5.87. The predicted octanol–water partition coefficient (Wildman–Crippen LogP) is 0.731. The summed E-state index contributed by atoms with van der Waals surface area (Å²) in [6.45, 7) is 3.15. The lowest BCUT2D eigenvalue weighted by atomic mass is 10.2. The molecule has 1 saturated heterocycles. The van der Waals surface area contributed by atoms with E-state index in [1.165, 1.54) is 0 Å². The van der Waals surface area contributed by atoms with Gasteiger partial charge in [0, 0.05) is 18.7 Å². The van der Waals surface area contributed by atoms with Crippen molar-refractivity contribution in [2.45, 2.75) is 6.10 Å². The van der Waals surface area contributed by atoms with Gasteiger partial charge in [-0.05, 0) is 12.1 Å². The first-order chi connectivity index (χ1) is 8.38. The van der Waals surface area contributed by atoms with Crippen LogP contribution in [-0.4, -0.2) is 49.0 Å². The zero-order valence-electron chi connectivity index (χ0n) is 9.80. The van der Waals surface area contributed by atoms with Gasteiger partial charge >= 0.3 is 0 Å². The molecular weight excluding hydrogens is 214 g/mol. The molecule has 1 aliphatic heterocycles. The number of hydrogen-bond donors (Lipinski definition) is 1. The van der Waals surface area contributed by atoms with E-state index in [4.69, 9.17) is 9.84 Å². The van der Waals surface area contributed by atoms with Crippen molar-refractivity contribution < 1.29 is 9.84 Å². The molecule has 1 aromatic rings. The van der Waals surface area contributed by atoms with Crippen molar-refractivity contribution in [1.82, 2.24) is 4.90 Å². The minimum absolute atomic E-state index is 0.0534. The highest BCUT2D eigenvalue weighted by Crippen LogP contribution is 2.03. The largest absolute Gasteiger partial charge is 0.394 e. The van der Waals surface area contributed by atoms with E-state index < -0.39 is 0 Å². The molecule has 3 nitrogen and oxygen atoms in total. The summed E-state index contributed by atoms with van der Waals surface area (Å²) >= 11 is 0. The quantitative estimate of drug-likeness (QED) is 0.762. The summed E-state index contributed by atoms with van der Waals surface area (Å²) in [6, 6.07) is 9.96. The van der Waals surface area contributed by atoms with E-state index in [2.05, 4.69) is 16.7 Å². The molecule has 1 atom stereocenters. The van der Waals surface area contributed by atoms with Gasteiger partial charge in [0.25, 0.3) is 0 Å². The van der Waals surface area contributed by atoms with Crippen LogP contribution in [0.15, 0.2) is 30.3 Å². The maximum atomic E-state index is 9.02. The third-order valence-corrected chi connectivity index (χ3v) is 2.74. The van der Waals surface area contributed by atoms with Crippen LogP contribution in [0.25, 0.3) is 0 Å². The molecule has 1 fully saturated rings. The van der Waals surface area contributed by atoms with E-state index in [-0.39, 0.29) is 12.7 Å². The Morgan fingerprint density at radius 2 is 2.18 bits per heavy atom. The lowest BCUT2D eigenvalue weighted by molar-refractivity contribution is -0.0489. The molecule has 0 aromatic heterocycles. The molecule has 0 saturated carbocycles. The maximum absolute atomic E-state index is 9.02. The molecule has 17 heavy (non-hydrogen) atoms. The van der Waals surface area contributed by atoms with Gasteiger partial charge in [0.2, 0.25) is 0 Å². The average Bonchev–Trinajstić information content (AvgIpc) is 2.40. The Hall–Kier alpha value is -1.34. The van der Waals surface area contributed by atoms with Crippen molar-refractivity contribution in [3.63, 3.8) is 0 Å². The van der Waals surface area contributed by atoms with Crippen molar-refractivity contribution in [2.24, 2.45) is 0 Å². The van der Waals surface area contributed by atoms with Crippen LogP contribution in [0.5, 0.6) is 0 Å². The molecule has 0 spiro atoms. The van der Waals surface area contributed by atoms with Gasteiger partial charge in [-0.3, -0.25) is 4.90 Å². The molecular formula is C14H17NO2. The van der Waals surface area contributed by atoms with Gasteiger partial charge in [0.1, 0.15) is 0 Å². The fourth-order valence-electron chi connectivity index (χ4n) is 1.81. The molecule has 1 unspecified atom stereocenters. The van der Waals surface area contributed by atoms with Gasteiger partial charge in [0.15, 0.2) is 0 Å². The third-order valence-electron chi connectivity index (χ3n) is 2.74. The molecule has 0 bridgehead atoms. The Labute approximate surface area is 102 Å². The Balaban J connectivity index is 1.84. The molecule has 0 amide bonds. The molecule has 0 radical (unpaired) electrons. The highest BCUT2D eigenvalue weighted by Gasteiger charge is 2.18. The number of hydrogen-bond acceptors (Lipinski definition) is 3. The summed E-state index contributed by atoms with van der Waals surface area (Å²) < 4.78 is 5.38. The van der Waals surface area contributed by atoms with E-state index in [9.17, 15) is 0 Å². The van der Waals surface area contributed by atoms with Gasteiger partial charge in [-0.15, -0.1) is 0 Å². The molecule has 90 valence electrons. The summed E-state index contributed by atoms with van der Waals surface area (Å²) in [5.41, 5.74) is 1.04. The number of nitrogens with zero attached hydrogens (tertiary/aromatic N) is 1. The number of morpholine rings is 1. The lowest BCUT2D eigenvalue weighted by Gasteiger charge is -2.30. The van der Waals surface area contributed by atoms with Crippen LogP contribution in [0.2, 0.25) is 0 Å². The third kappa shape index (κ3) is 3.86. The van der Waals surface area contributed by atoms with Crippen molar-refractivity contribution in [2.75, 3.05) is 32.8 Å². The van der Waals surface area contributed by atoms with E-state index in [1.54, 1.807) is 0 Å². The SMILES string of the molecule is OCC1CN(CC#Cc2ccccc2)CCO1. The zero-order valence-corrected chi connectivity index (χ0v) is 9.80. The zero-order chi connectivity index (χ0) is 11.9. The molecule has 1 aliphatic rings. The van der Waals surface area contributed by atoms with E-state index in [0.29, 0.717) is 6.61 Å². The fourth-order valence-corrected chi connectivity index (χ4v) is 1.81. The summed E-state index contributed by atoms with van der Waals surface area (Å²) in [5, 5.41) is 9.02. The first-order valence-electron chi connectivity index (χ1n) is 5.87. The second-order valence-electron chi connectivity index (χ2n) is 4.08. The van der Waals surface area contributed by atoms with Crippen LogP contribution in [0.3, 0.4) is 0 Å². The summed E-state index contributed by atoms with van der Waals surface area (Å²) in [4.78, 5) is 2.21. The number of benzene rings is 1. The van der Waals surface area contributed by atoms with Gasteiger partial charge in [-0.1, -0.05) is 30.0 Å². The Kier molecular flexibility index (Phi) is 4.57. The Morgan fingerprint density at radius 1 is 1.35 bits per heavy atom. The molecule has 1 heterocycles. The molecule has 1 aromatic carbocycles. The van der Waals surface area contributed by atoms with Gasteiger partial charge < -0.3 is 9.84 Å². The van der Waals surface area contributed by atoms with E-state index >= 15 is 0 Å². The minimum atomic E-state index is -0.0534. The van der Waals surface area contributed by atoms with Crippen LogP contribution in [0, 0.1) is 11.8 Å². The Bertz CT molecular complexity index is 394. The number of aliphatic hydroxyl groups excluding tert-OH is 1. The summed E-state index contributed by atoms with van der Waals surface area (Å²) in [6.07, 6.45) is -0.0534. The highest BCUT2D eigenvalue weighted by molar-refractivity contribution is 5.33. The van der Waals surface area contributed by atoms with Crippen molar-refractivity contribution >= 4 is 0 Å². The standard InChI is InChI=1S/C14H17NO2/c16-12-14-11-15(9-10-17-14)8-4-7-13-5-2-1-3-6-13/h1-3,5-6,14,16H,8-12H2. The number of ether oxygens (including phenoxy) is 1.